The van der Waals surface area contributed by atoms with Gasteiger partial charge in [0, 0.05) is 18.2 Å². The normalized spacial score (nSPS) is 13.0. The molecule has 1 unspecified atom stereocenters. The standard InChI is InChI=1S/C14H23FN2/c1-3-6-13(16)9-10-17(2)11-12-7-4-5-8-14(12)15/h4-5,7-8,13H,3,6,9-11,16H2,1-2H3. The van der Waals surface area contributed by atoms with Crippen LogP contribution in [-0.4, -0.2) is 24.5 Å². The Morgan fingerprint density at radius 3 is 2.65 bits per heavy atom. The molecule has 0 spiro atoms. The van der Waals surface area contributed by atoms with Crippen LogP contribution in [0.15, 0.2) is 24.3 Å². The molecule has 96 valence electrons. The van der Waals surface area contributed by atoms with Gasteiger partial charge in [-0.1, -0.05) is 31.5 Å². The van der Waals surface area contributed by atoms with E-state index in [1.54, 1.807) is 6.07 Å². The highest BCUT2D eigenvalue weighted by atomic mass is 19.1. The molecule has 1 aromatic carbocycles. The van der Waals surface area contributed by atoms with E-state index in [4.69, 9.17) is 5.73 Å². The lowest BCUT2D eigenvalue weighted by atomic mass is 10.1. The summed E-state index contributed by atoms with van der Waals surface area (Å²) in [4.78, 5) is 2.12. The van der Waals surface area contributed by atoms with Gasteiger partial charge < -0.3 is 10.6 Å². The van der Waals surface area contributed by atoms with Crippen molar-refractivity contribution in [3.05, 3.63) is 35.6 Å². The van der Waals surface area contributed by atoms with E-state index in [1.807, 2.05) is 19.2 Å². The van der Waals surface area contributed by atoms with Crippen molar-refractivity contribution >= 4 is 0 Å². The van der Waals surface area contributed by atoms with Gasteiger partial charge in [-0.2, -0.15) is 0 Å². The molecule has 0 aliphatic heterocycles. The number of hydrogen-bond donors (Lipinski definition) is 1. The number of hydrogen-bond acceptors (Lipinski definition) is 2. The molecule has 1 aromatic rings. The highest BCUT2D eigenvalue weighted by Crippen LogP contribution is 2.09. The number of nitrogens with two attached hydrogens (primary N) is 1. The molecule has 0 bridgehead atoms. The van der Waals surface area contributed by atoms with Gasteiger partial charge in [-0.15, -0.1) is 0 Å². The average molecular weight is 238 g/mol. The Bertz CT molecular complexity index is 328. The third-order valence-corrected chi connectivity index (χ3v) is 2.94. The maximum absolute atomic E-state index is 13.4. The third-order valence-electron chi connectivity index (χ3n) is 2.94. The quantitative estimate of drug-likeness (QED) is 0.791. The zero-order valence-corrected chi connectivity index (χ0v) is 10.8. The second kappa shape index (κ2) is 7.41. The topological polar surface area (TPSA) is 29.3 Å². The summed E-state index contributed by atoms with van der Waals surface area (Å²) < 4.78 is 13.4. The van der Waals surface area contributed by atoms with Crippen LogP contribution in [0, 0.1) is 5.82 Å². The average Bonchev–Trinajstić information content (AvgIpc) is 2.30. The van der Waals surface area contributed by atoms with E-state index in [0.717, 1.165) is 31.4 Å². The van der Waals surface area contributed by atoms with Gasteiger partial charge in [-0.05, 0) is 32.5 Å². The fourth-order valence-corrected chi connectivity index (χ4v) is 1.90. The van der Waals surface area contributed by atoms with Crippen LogP contribution in [0.3, 0.4) is 0 Å². The summed E-state index contributed by atoms with van der Waals surface area (Å²) in [5.41, 5.74) is 6.70. The summed E-state index contributed by atoms with van der Waals surface area (Å²) in [6.07, 6.45) is 3.16. The van der Waals surface area contributed by atoms with Gasteiger partial charge in [0.2, 0.25) is 0 Å². The van der Waals surface area contributed by atoms with Crippen molar-refractivity contribution in [1.82, 2.24) is 4.90 Å². The molecule has 0 aliphatic carbocycles. The van der Waals surface area contributed by atoms with Crippen molar-refractivity contribution in [3.63, 3.8) is 0 Å². The first-order valence-electron chi connectivity index (χ1n) is 6.31. The Morgan fingerprint density at radius 2 is 2.00 bits per heavy atom. The first-order valence-corrected chi connectivity index (χ1v) is 6.31. The van der Waals surface area contributed by atoms with Crippen LogP contribution in [0.2, 0.25) is 0 Å². The largest absolute Gasteiger partial charge is 0.328 e. The summed E-state index contributed by atoms with van der Waals surface area (Å²) in [6, 6.07) is 7.19. The Labute approximate surface area is 104 Å². The SMILES string of the molecule is CCCC(N)CCN(C)Cc1ccccc1F. The molecule has 1 atom stereocenters. The number of halogens is 1. The maximum Gasteiger partial charge on any atom is 0.127 e. The summed E-state index contributed by atoms with van der Waals surface area (Å²) in [7, 11) is 2.01. The molecule has 0 aliphatic rings. The van der Waals surface area contributed by atoms with E-state index in [-0.39, 0.29) is 11.9 Å². The van der Waals surface area contributed by atoms with Crippen LogP contribution in [0.1, 0.15) is 31.7 Å². The smallest absolute Gasteiger partial charge is 0.127 e. The van der Waals surface area contributed by atoms with Crippen molar-refractivity contribution in [2.75, 3.05) is 13.6 Å². The van der Waals surface area contributed by atoms with Crippen LogP contribution >= 0.6 is 0 Å². The molecule has 2 N–H and O–H groups in total. The maximum atomic E-state index is 13.4. The van der Waals surface area contributed by atoms with Gasteiger partial charge in [0.1, 0.15) is 5.82 Å². The number of benzene rings is 1. The van der Waals surface area contributed by atoms with Crippen LogP contribution in [-0.2, 0) is 6.54 Å². The van der Waals surface area contributed by atoms with Crippen LogP contribution in [0.5, 0.6) is 0 Å². The molecule has 2 nitrogen and oxygen atoms in total. The van der Waals surface area contributed by atoms with Crippen LogP contribution in [0.4, 0.5) is 4.39 Å². The molecule has 1 rings (SSSR count). The van der Waals surface area contributed by atoms with Crippen LogP contribution < -0.4 is 5.73 Å². The minimum Gasteiger partial charge on any atom is -0.328 e. The first kappa shape index (κ1) is 14.1. The van der Waals surface area contributed by atoms with Crippen molar-refractivity contribution in [2.45, 2.75) is 38.8 Å². The second-order valence-corrected chi connectivity index (χ2v) is 4.67. The monoisotopic (exact) mass is 238 g/mol. The fraction of sp³-hybridized carbons (Fsp3) is 0.571. The Morgan fingerprint density at radius 1 is 1.29 bits per heavy atom. The summed E-state index contributed by atoms with van der Waals surface area (Å²) in [5, 5.41) is 0. The minimum absolute atomic E-state index is 0.128. The predicted octanol–water partition coefficient (Wildman–Crippen LogP) is 2.78. The summed E-state index contributed by atoms with van der Waals surface area (Å²) in [6.45, 7) is 3.70. The van der Waals surface area contributed by atoms with Crippen molar-refractivity contribution in [1.29, 1.82) is 0 Å². The lowest BCUT2D eigenvalue weighted by Gasteiger charge is -2.19. The van der Waals surface area contributed by atoms with Crippen molar-refractivity contribution in [2.24, 2.45) is 5.73 Å². The highest BCUT2D eigenvalue weighted by Gasteiger charge is 2.07. The van der Waals surface area contributed by atoms with Gasteiger partial charge >= 0.3 is 0 Å². The van der Waals surface area contributed by atoms with Gasteiger partial charge in [-0.25, -0.2) is 4.39 Å². The van der Waals surface area contributed by atoms with Gasteiger partial charge in [0.15, 0.2) is 0 Å². The Balaban J connectivity index is 2.34. The minimum atomic E-state index is -0.128. The molecule has 0 saturated heterocycles. The molecular weight excluding hydrogens is 215 g/mol. The summed E-state index contributed by atoms with van der Waals surface area (Å²) in [5.74, 6) is -0.128. The first-order chi connectivity index (χ1) is 8.13. The molecular formula is C14H23FN2. The van der Waals surface area contributed by atoms with Crippen molar-refractivity contribution < 1.29 is 4.39 Å². The van der Waals surface area contributed by atoms with Gasteiger partial charge in [0.25, 0.3) is 0 Å². The zero-order valence-electron chi connectivity index (χ0n) is 10.8. The molecule has 0 radical (unpaired) electrons. The molecule has 0 heterocycles. The summed E-state index contributed by atoms with van der Waals surface area (Å²) >= 11 is 0. The molecule has 0 aromatic heterocycles. The molecule has 17 heavy (non-hydrogen) atoms. The fourth-order valence-electron chi connectivity index (χ4n) is 1.90. The lowest BCUT2D eigenvalue weighted by molar-refractivity contribution is 0.303. The molecule has 0 saturated carbocycles. The predicted molar refractivity (Wildman–Crippen MR) is 70.2 cm³/mol. The Hall–Kier alpha value is -0.930. The van der Waals surface area contributed by atoms with Crippen LogP contribution in [0.25, 0.3) is 0 Å². The van der Waals surface area contributed by atoms with E-state index in [1.165, 1.54) is 6.07 Å². The van der Waals surface area contributed by atoms with E-state index >= 15 is 0 Å². The van der Waals surface area contributed by atoms with E-state index in [9.17, 15) is 4.39 Å². The Kier molecular flexibility index (Phi) is 6.16. The van der Waals surface area contributed by atoms with Gasteiger partial charge in [0.05, 0.1) is 0 Å². The van der Waals surface area contributed by atoms with E-state index in [2.05, 4.69) is 11.8 Å². The van der Waals surface area contributed by atoms with E-state index in [0.29, 0.717) is 6.54 Å². The lowest BCUT2D eigenvalue weighted by Crippen LogP contribution is -2.28. The molecule has 0 fully saturated rings. The molecule has 0 amide bonds. The van der Waals surface area contributed by atoms with Crippen molar-refractivity contribution in [3.8, 4) is 0 Å². The van der Waals surface area contributed by atoms with E-state index < -0.39 is 0 Å². The second-order valence-electron chi connectivity index (χ2n) is 4.67. The molecule has 3 heteroatoms. The third kappa shape index (κ3) is 5.29. The highest BCUT2D eigenvalue weighted by molar-refractivity contribution is 5.16. The van der Waals surface area contributed by atoms with Gasteiger partial charge in [-0.3, -0.25) is 0 Å². The zero-order chi connectivity index (χ0) is 12.7. The number of rotatable bonds is 7. The number of nitrogens with zero attached hydrogens (tertiary/aromatic N) is 1.